The summed E-state index contributed by atoms with van der Waals surface area (Å²) in [6, 6.07) is 14.0. The highest BCUT2D eigenvalue weighted by Gasteiger charge is 2.24. The number of rotatable bonds is 11. The average Bonchev–Trinajstić information content (AvgIpc) is 2.94. The Morgan fingerprint density at radius 2 is 1.97 bits per heavy atom. The van der Waals surface area contributed by atoms with Crippen LogP contribution in [0.2, 0.25) is 0 Å². The number of anilines is 2. The first-order valence-electron chi connectivity index (χ1n) is 13.5. The van der Waals surface area contributed by atoms with Crippen molar-refractivity contribution < 1.29 is 13.8 Å². The van der Waals surface area contributed by atoms with Crippen LogP contribution in [0.5, 0.6) is 0 Å². The van der Waals surface area contributed by atoms with Crippen LogP contribution in [0.25, 0.3) is 0 Å². The molecule has 2 fully saturated rings. The van der Waals surface area contributed by atoms with Gasteiger partial charge in [0.2, 0.25) is 6.41 Å². The minimum Gasteiger partial charge on any atom is -0.388 e. The third kappa shape index (κ3) is 7.12. The average molecular weight is 541 g/mol. The van der Waals surface area contributed by atoms with Gasteiger partial charge in [0.15, 0.2) is 11.2 Å². The highest BCUT2D eigenvalue weighted by molar-refractivity contribution is 7.84. The minimum atomic E-state index is -1.23. The first-order valence-corrected chi connectivity index (χ1v) is 14.6. The van der Waals surface area contributed by atoms with Gasteiger partial charge in [-0.2, -0.15) is 0 Å². The van der Waals surface area contributed by atoms with Crippen molar-refractivity contribution in [3.05, 3.63) is 59.2 Å². The van der Waals surface area contributed by atoms with Crippen LogP contribution >= 0.6 is 0 Å². The first kappa shape index (κ1) is 28.1. The largest absolute Gasteiger partial charge is 0.388 e. The molecule has 2 aromatic carbocycles. The molecule has 1 atom stereocenters. The van der Waals surface area contributed by atoms with E-state index in [1.165, 1.54) is 5.56 Å². The van der Waals surface area contributed by atoms with Crippen LogP contribution in [0.3, 0.4) is 0 Å². The summed E-state index contributed by atoms with van der Waals surface area (Å²) in [5.41, 5.74) is 4.77. The summed E-state index contributed by atoms with van der Waals surface area (Å²) in [7, 11) is 1.92. The molecule has 9 nitrogen and oxygen atoms in total. The maximum absolute atomic E-state index is 12.7. The molecule has 0 spiro atoms. The Labute approximate surface area is 228 Å². The lowest BCUT2D eigenvalue weighted by Crippen LogP contribution is -2.46. The Morgan fingerprint density at radius 3 is 2.68 bits per heavy atom. The van der Waals surface area contributed by atoms with Crippen LogP contribution in [-0.2, 0) is 22.4 Å². The molecule has 2 aliphatic rings. The number of amides is 2. The molecule has 38 heavy (non-hydrogen) atoms. The number of aryl methyl sites for hydroxylation is 1. The van der Waals surface area contributed by atoms with Gasteiger partial charge in [-0.15, -0.1) is 0 Å². The Kier molecular flexibility index (Phi) is 10.1. The summed E-state index contributed by atoms with van der Waals surface area (Å²) in [5, 5.41) is 6.26. The zero-order chi connectivity index (χ0) is 26.9. The quantitative estimate of drug-likeness (QED) is 0.380. The van der Waals surface area contributed by atoms with Crippen LogP contribution in [0.15, 0.2) is 42.5 Å². The molecule has 3 N–H and O–H groups in total. The molecular formula is C28H40N6O3S. The number of nitrogens with one attached hydrogen (secondary N) is 3. The second-order valence-corrected chi connectivity index (χ2v) is 11.2. The number of likely N-dealkylation sites (tertiary alicyclic amines) is 1. The monoisotopic (exact) mass is 540 g/mol. The normalized spacial score (nSPS) is 18.7. The van der Waals surface area contributed by atoms with E-state index < -0.39 is 11.2 Å². The maximum atomic E-state index is 12.7. The summed E-state index contributed by atoms with van der Waals surface area (Å²) in [5.74, 6) is -0.0959. The molecule has 2 aromatic rings. The van der Waals surface area contributed by atoms with Gasteiger partial charge in [0, 0.05) is 70.2 Å². The topological polar surface area (TPSA) is 97.0 Å². The van der Waals surface area contributed by atoms with Crippen molar-refractivity contribution in [2.75, 3.05) is 62.5 Å². The highest BCUT2D eigenvalue weighted by atomic mass is 32.2. The Morgan fingerprint density at radius 1 is 1.18 bits per heavy atom. The summed E-state index contributed by atoms with van der Waals surface area (Å²) < 4.78 is 17.1. The first-order chi connectivity index (χ1) is 18.5. The molecule has 0 aromatic heterocycles. The molecule has 1 unspecified atom stereocenters. The van der Waals surface area contributed by atoms with Gasteiger partial charge >= 0.3 is 0 Å². The number of piperidine rings is 1. The van der Waals surface area contributed by atoms with Gasteiger partial charge in [0.1, 0.15) is 0 Å². The van der Waals surface area contributed by atoms with Gasteiger partial charge in [-0.25, -0.2) is 8.93 Å². The zero-order valence-electron chi connectivity index (χ0n) is 22.4. The van der Waals surface area contributed by atoms with E-state index >= 15 is 0 Å². The molecule has 2 amide bonds. The molecular weight excluding hydrogens is 500 g/mol. The fourth-order valence-corrected chi connectivity index (χ4v) is 6.44. The molecule has 0 bridgehead atoms. The number of nitrogens with zero attached hydrogens (tertiary/aromatic N) is 3. The molecule has 2 aliphatic heterocycles. The smallest absolute Gasteiger partial charge is 0.251 e. The SMILES string of the molecule is CNc1ccccc1CCN(C=O)C1CCN(CCNC(=O)c2ccc(N3CCCNS3=O)c(C)c2)CC1. The van der Waals surface area contributed by atoms with Gasteiger partial charge < -0.3 is 20.4 Å². The fraction of sp³-hybridized carbons (Fsp3) is 0.500. The van der Waals surface area contributed by atoms with E-state index in [0.29, 0.717) is 18.7 Å². The highest BCUT2D eigenvalue weighted by Crippen LogP contribution is 2.24. The van der Waals surface area contributed by atoms with E-state index in [9.17, 15) is 13.8 Å². The number of carbonyl (C=O) groups excluding carboxylic acids is 2. The van der Waals surface area contributed by atoms with Crippen LogP contribution < -0.4 is 19.7 Å². The summed E-state index contributed by atoms with van der Waals surface area (Å²) >= 11 is -1.23. The number of hydrogen-bond acceptors (Lipinski definition) is 5. The lowest BCUT2D eigenvalue weighted by Gasteiger charge is -2.37. The molecule has 2 saturated heterocycles. The Hall–Kier alpha value is -2.95. The summed E-state index contributed by atoms with van der Waals surface area (Å²) in [6.07, 6.45) is 4.63. The van der Waals surface area contributed by atoms with E-state index in [1.807, 2.05) is 47.4 Å². The predicted octanol–water partition coefficient (Wildman–Crippen LogP) is 2.31. The van der Waals surface area contributed by atoms with Crippen molar-refractivity contribution in [2.45, 2.75) is 38.6 Å². The summed E-state index contributed by atoms with van der Waals surface area (Å²) in [4.78, 5) is 28.9. The second-order valence-electron chi connectivity index (χ2n) is 9.93. The second kappa shape index (κ2) is 13.7. The molecule has 4 rings (SSSR count). The zero-order valence-corrected chi connectivity index (χ0v) is 23.3. The number of hydrogen-bond donors (Lipinski definition) is 3. The van der Waals surface area contributed by atoms with Gasteiger partial charge in [-0.1, -0.05) is 18.2 Å². The van der Waals surface area contributed by atoms with E-state index in [2.05, 4.69) is 32.4 Å². The van der Waals surface area contributed by atoms with E-state index in [1.54, 1.807) is 6.07 Å². The molecule has 0 aliphatic carbocycles. The van der Waals surface area contributed by atoms with E-state index in [4.69, 9.17) is 0 Å². The van der Waals surface area contributed by atoms with Crippen molar-refractivity contribution in [3.8, 4) is 0 Å². The number of carbonyl (C=O) groups is 2. The Bertz CT molecular complexity index is 1120. The van der Waals surface area contributed by atoms with Crippen LogP contribution in [0.4, 0.5) is 11.4 Å². The van der Waals surface area contributed by atoms with Crippen molar-refractivity contribution in [2.24, 2.45) is 0 Å². The van der Waals surface area contributed by atoms with Gasteiger partial charge in [0.05, 0.1) is 5.69 Å². The lowest BCUT2D eigenvalue weighted by atomic mass is 10.0. The Balaban J connectivity index is 1.19. The van der Waals surface area contributed by atoms with Crippen molar-refractivity contribution in [1.82, 2.24) is 19.8 Å². The molecule has 0 saturated carbocycles. The molecule has 2 heterocycles. The fourth-order valence-electron chi connectivity index (χ4n) is 5.29. The van der Waals surface area contributed by atoms with E-state index in [-0.39, 0.29) is 11.9 Å². The van der Waals surface area contributed by atoms with Crippen LogP contribution in [-0.4, -0.2) is 85.2 Å². The molecule has 10 heteroatoms. The summed E-state index contributed by atoms with van der Waals surface area (Å²) in [6.45, 7) is 7.32. The molecule has 0 radical (unpaired) electrons. The third-order valence-corrected chi connectivity index (χ3v) is 8.72. The van der Waals surface area contributed by atoms with Crippen molar-refractivity contribution in [1.29, 1.82) is 0 Å². The standard InChI is InChI=1S/C28H40N6O3S/c1-22-20-24(8-9-27(22)34-15-5-13-31-38(34)37)28(36)30-14-19-32-16-11-25(12-17-32)33(21-35)18-10-23-6-3-4-7-26(23)29-2/h3-4,6-9,20-21,25,29,31H,5,10-19H2,1-2H3,(H,30,36). The van der Waals surface area contributed by atoms with Crippen LogP contribution in [0.1, 0.15) is 40.7 Å². The molecule has 206 valence electrons. The van der Waals surface area contributed by atoms with Gasteiger partial charge in [0.25, 0.3) is 5.91 Å². The van der Waals surface area contributed by atoms with E-state index in [0.717, 1.165) is 81.8 Å². The number of para-hydroxylation sites is 1. The van der Waals surface area contributed by atoms with Crippen molar-refractivity contribution in [3.63, 3.8) is 0 Å². The van der Waals surface area contributed by atoms with Gasteiger partial charge in [-0.05, 0) is 68.0 Å². The van der Waals surface area contributed by atoms with Crippen LogP contribution in [0, 0.1) is 6.92 Å². The number of benzene rings is 2. The maximum Gasteiger partial charge on any atom is 0.251 e. The third-order valence-electron chi connectivity index (χ3n) is 7.49. The predicted molar refractivity (Wildman–Crippen MR) is 154 cm³/mol. The van der Waals surface area contributed by atoms with Gasteiger partial charge in [-0.3, -0.25) is 13.9 Å². The van der Waals surface area contributed by atoms with Crippen molar-refractivity contribution >= 4 is 34.9 Å². The lowest BCUT2D eigenvalue weighted by molar-refractivity contribution is -0.121. The minimum absolute atomic E-state index is 0.0959.